The predicted molar refractivity (Wildman–Crippen MR) is 62.6 cm³/mol. The van der Waals surface area contributed by atoms with Crippen LogP contribution in [0.15, 0.2) is 18.2 Å². The number of esters is 1. The summed E-state index contributed by atoms with van der Waals surface area (Å²) in [6.07, 6.45) is 0.646. The number of phenols is 1. The topological polar surface area (TPSA) is 58.6 Å². The molecule has 1 unspecified atom stereocenters. The van der Waals surface area contributed by atoms with E-state index in [1.807, 2.05) is 13.8 Å². The highest BCUT2D eigenvalue weighted by molar-refractivity contribution is 5.79. The monoisotopic (exact) mass is 223 g/mol. The largest absolute Gasteiger partial charge is 0.508 e. The first-order valence-electron chi connectivity index (χ1n) is 5.22. The lowest BCUT2D eigenvalue weighted by Crippen LogP contribution is -2.30. The number of ether oxygens (including phenoxy) is 1. The van der Waals surface area contributed by atoms with Crippen molar-refractivity contribution >= 4 is 11.7 Å². The van der Waals surface area contributed by atoms with Gasteiger partial charge in [-0.05, 0) is 37.1 Å². The number of hydrogen-bond acceptors (Lipinski definition) is 4. The fourth-order valence-electron chi connectivity index (χ4n) is 1.47. The Kier molecular flexibility index (Phi) is 4.17. The van der Waals surface area contributed by atoms with Gasteiger partial charge in [-0.1, -0.05) is 6.92 Å². The number of nitrogens with one attached hydrogen (secondary N) is 1. The number of anilines is 1. The maximum atomic E-state index is 11.4. The Morgan fingerprint density at radius 2 is 2.25 bits per heavy atom. The van der Waals surface area contributed by atoms with Crippen LogP contribution >= 0.6 is 0 Å². The van der Waals surface area contributed by atoms with Crippen molar-refractivity contribution in [2.24, 2.45) is 0 Å². The highest BCUT2D eigenvalue weighted by Gasteiger charge is 2.17. The molecule has 1 atom stereocenters. The Morgan fingerprint density at radius 1 is 1.56 bits per heavy atom. The first-order chi connectivity index (χ1) is 7.58. The number of benzene rings is 1. The zero-order valence-corrected chi connectivity index (χ0v) is 9.78. The van der Waals surface area contributed by atoms with Crippen molar-refractivity contribution in [2.45, 2.75) is 26.3 Å². The molecule has 0 radical (unpaired) electrons. The Balaban J connectivity index is 2.82. The Bertz CT molecular complexity index is 377. The van der Waals surface area contributed by atoms with Crippen molar-refractivity contribution in [1.29, 1.82) is 0 Å². The molecule has 4 nitrogen and oxygen atoms in total. The van der Waals surface area contributed by atoms with Gasteiger partial charge in [0.25, 0.3) is 0 Å². The average molecular weight is 223 g/mol. The first kappa shape index (κ1) is 12.4. The fourth-order valence-corrected chi connectivity index (χ4v) is 1.47. The van der Waals surface area contributed by atoms with E-state index in [1.165, 1.54) is 7.11 Å². The molecule has 0 spiro atoms. The van der Waals surface area contributed by atoms with Gasteiger partial charge < -0.3 is 15.2 Å². The van der Waals surface area contributed by atoms with Gasteiger partial charge in [0.1, 0.15) is 11.8 Å². The fraction of sp³-hybridized carbons (Fsp3) is 0.417. The highest BCUT2D eigenvalue weighted by Crippen LogP contribution is 2.21. The number of carbonyl (C=O) groups is 1. The van der Waals surface area contributed by atoms with Gasteiger partial charge in [0, 0.05) is 5.69 Å². The van der Waals surface area contributed by atoms with Gasteiger partial charge in [-0.2, -0.15) is 0 Å². The van der Waals surface area contributed by atoms with E-state index in [1.54, 1.807) is 18.2 Å². The van der Waals surface area contributed by atoms with Crippen molar-refractivity contribution in [3.8, 4) is 5.75 Å². The summed E-state index contributed by atoms with van der Waals surface area (Å²) in [7, 11) is 1.37. The first-order valence-corrected chi connectivity index (χ1v) is 5.22. The normalized spacial score (nSPS) is 11.9. The van der Waals surface area contributed by atoms with Crippen molar-refractivity contribution in [3.05, 3.63) is 23.8 Å². The van der Waals surface area contributed by atoms with E-state index in [-0.39, 0.29) is 17.8 Å². The molecule has 0 aliphatic carbocycles. The van der Waals surface area contributed by atoms with E-state index in [9.17, 15) is 9.90 Å². The lowest BCUT2D eigenvalue weighted by Gasteiger charge is -2.17. The maximum Gasteiger partial charge on any atom is 0.328 e. The molecule has 0 saturated carbocycles. The molecule has 0 fully saturated rings. The van der Waals surface area contributed by atoms with Crippen LogP contribution < -0.4 is 5.32 Å². The van der Waals surface area contributed by atoms with Gasteiger partial charge in [-0.15, -0.1) is 0 Å². The predicted octanol–water partition coefficient (Wildman–Crippen LogP) is 2.06. The van der Waals surface area contributed by atoms with Crippen LogP contribution in [0.3, 0.4) is 0 Å². The number of phenolic OH excluding ortho intramolecular Hbond substituents is 1. The van der Waals surface area contributed by atoms with Gasteiger partial charge in [0.2, 0.25) is 0 Å². The van der Waals surface area contributed by atoms with Crippen LogP contribution in [0, 0.1) is 6.92 Å². The molecule has 1 aromatic carbocycles. The van der Waals surface area contributed by atoms with E-state index in [0.29, 0.717) is 6.42 Å². The molecule has 0 amide bonds. The second-order valence-electron chi connectivity index (χ2n) is 3.63. The minimum absolute atomic E-state index is 0.217. The number of carbonyl (C=O) groups excluding carboxylic acids is 1. The van der Waals surface area contributed by atoms with E-state index in [0.717, 1.165) is 11.3 Å². The van der Waals surface area contributed by atoms with Crippen molar-refractivity contribution in [3.63, 3.8) is 0 Å². The third-order valence-corrected chi connectivity index (χ3v) is 2.43. The maximum absolute atomic E-state index is 11.4. The number of rotatable bonds is 4. The Hall–Kier alpha value is -1.71. The van der Waals surface area contributed by atoms with Crippen molar-refractivity contribution in [2.75, 3.05) is 12.4 Å². The molecular formula is C12H17NO3. The smallest absolute Gasteiger partial charge is 0.328 e. The Morgan fingerprint density at radius 3 is 2.75 bits per heavy atom. The summed E-state index contributed by atoms with van der Waals surface area (Å²) in [6.45, 7) is 3.77. The third-order valence-electron chi connectivity index (χ3n) is 2.43. The second-order valence-corrected chi connectivity index (χ2v) is 3.63. The van der Waals surface area contributed by atoms with E-state index in [2.05, 4.69) is 10.1 Å². The molecular weight excluding hydrogens is 206 g/mol. The van der Waals surface area contributed by atoms with Crippen LogP contribution in [0.1, 0.15) is 18.9 Å². The molecule has 0 heterocycles. The molecule has 4 heteroatoms. The van der Waals surface area contributed by atoms with Crippen LogP contribution in [0.25, 0.3) is 0 Å². The molecule has 0 saturated heterocycles. The van der Waals surface area contributed by atoms with E-state index >= 15 is 0 Å². The molecule has 1 aromatic rings. The third kappa shape index (κ3) is 2.89. The molecule has 1 rings (SSSR count). The number of methoxy groups -OCH3 is 1. The molecule has 2 N–H and O–H groups in total. The van der Waals surface area contributed by atoms with Gasteiger partial charge >= 0.3 is 5.97 Å². The molecule has 0 aromatic heterocycles. The summed E-state index contributed by atoms with van der Waals surface area (Å²) in [5, 5.41) is 12.4. The van der Waals surface area contributed by atoms with Crippen LogP contribution in [0.4, 0.5) is 5.69 Å². The highest BCUT2D eigenvalue weighted by atomic mass is 16.5. The summed E-state index contributed by atoms with van der Waals surface area (Å²) in [4.78, 5) is 11.4. The molecule has 0 aliphatic heterocycles. The van der Waals surface area contributed by atoms with Crippen LogP contribution in [0.5, 0.6) is 5.75 Å². The molecule has 0 aliphatic rings. The SMILES string of the molecule is CCC(Nc1ccc(O)cc1C)C(=O)OC. The quantitative estimate of drug-likeness (QED) is 0.606. The van der Waals surface area contributed by atoms with E-state index < -0.39 is 0 Å². The number of hydrogen-bond donors (Lipinski definition) is 2. The van der Waals surface area contributed by atoms with Gasteiger partial charge in [0.15, 0.2) is 0 Å². The lowest BCUT2D eigenvalue weighted by atomic mass is 10.1. The molecule has 88 valence electrons. The minimum atomic E-state index is -0.353. The summed E-state index contributed by atoms with van der Waals surface area (Å²) in [5.41, 5.74) is 1.72. The molecule has 16 heavy (non-hydrogen) atoms. The summed E-state index contributed by atoms with van der Waals surface area (Å²) < 4.78 is 4.69. The summed E-state index contributed by atoms with van der Waals surface area (Å²) >= 11 is 0. The zero-order valence-electron chi connectivity index (χ0n) is 9.78. The number of aromatic hydroxyl groups is 1. The zero-order chi connectivity index (χ0) is 12.1. The van der Waals surface area contributed by atoms with Crippen molar-refractivity contribution in [1.82, 2.24) is 0 Å². The van der Waals surface area contributed by atoms with E-state index in [4.69, 9.17) is 0 Å². The van der Waals surface area contributed by atoms with Gasteiger partial charge in [-0.3, -0.25) is 0 Å². The van der Waals surface area contributed by atoms with Crippen LogP contribution in [-0.2, 0) is 9.53 Å². The number of aryl methyl sites for hydroxylation is 1. The van der Waals surface area contributed by atoms with Crippen LogP contribution in [0.2, 0.25) is 0 Å². The standard InChI is InChI=1S/C12H17NO3/c1-4-10(12(15)16-3)13-11-6-5-9(14)7-8(11)2/h5-7,10,13-14H,4H2,1-3H3. The van der Waals surface area contributed by atoms with Gasteiger partial charge in [-0.25, -0.2) is 4.79 Å². The lowest BCUT2D eigenvalue weighted by molar-refractivity contribution is -0.141. The van der Waals surface area contributed by atoms with Crippen LogP contribution in [-0.4, -0.2) is 24.2 Å². The van der Waals surface area contributed by atoms with Crippen molar-refractivity contribution < 1.29 is 14.6 Å². The Labute approximate surface area is 95.2 Å². The minimum Gasteiger partial charge on any atom is -0.508 e. The second kappa shape index (κ2) is 5.39. The summed E-state index contributed by atoms with van der Waals surface area (Å²) in [5.74, 6) is -0.0656. The summed E-state index contributed by atoms with van der Waals surface area (Å²) in [6, 6.07) is 4.62. The van der Waals surface area contributed by atoms with Gasteiger partial charge in [0.05, 0.1) is 7.11 Å². The molecule has 0 bridgehead atoms. The average Bonchev–Trinajstić information content (AvgIpc) is 2.27.